The van der Waals surface area contributed by atoms with Gasteiger partial charge in [-0.1, -0.05) is 0 Å². The van der Waals surface area contributed by atoms with Gasteiger partial charge in [0, 0.05) is 12.6 Å². The lowest BCUT2D eigenvalue weighted by Gasteiger charge is -2.10. The first kappa shape index (κ1) is 13.8. The van der Waals surface area contributed by atoms with E-state index in [1.54, 1.807) is 0 Å². The van der Waals surface area contributed by atoms with Gasteiger partial charge in [-0.3, -0.25) is 0 Å². The zero-order valence-corrected chi connectivity index (χ0v) is 9.76. The summed E-state index contributed by atoms with van der Waals surface area (Å²) in [5.74, 6) is -2.27. The first-order valence-corrected chi connectivity index (χ1v) is 6.14. The zero-order valence-electron chi connectivity index (χ0n) is 8.94. The van der Waals surface area contributed by atoms with E-state index in [4.69, 9.17) is 10.8 Å². The van der Waals surface area contributed by atoms with E-state index in [1.807, 2.05) is 4.72 Å². The molecule has 0 fully saturated rings. The maximum Gasteiger partial charge on any atom is 0.243 e. The van der Waals surface area contributed by atoms with E-state index in [9.17, 15) is 17.2 Å². The second-order valence-corrected chi connectivity index (χ2v) is 5.24. The number of nitrogens with one attached hydrogen (secondary N) is 1. The Kier molecular flexibility index (Phi) is 4.02. The van der Waals surface area contributed by atoms with Crippen LogP contribution in [0.25, 0.3) is 0 Å². The molecule has 0 aliphatic rings. The summed E-state index contributed by atoms with van der Waals surface area (Å²) in [6.45, 7) is 1.08. The smallest absolute Gasteiger partial charge is 0.243 e. The van der Waals surface area contributed by atoms with E-state index in [0.29, 0.717) is 12.1 Å². The van der Waals surface area contributed by atoms with E-state index in [0.717, 1.165) is 0 Å². The van der Waals surface area contributed by atoms with Crippen LogP contribution in [0.3, 0.4) is 0 Å². The van der Waals surface area contributed by atoms with Crippen molar-refractivity contribution >= 4 is 15.7 Å². The highest BCUT2D eigenvalue weighted by Crippen LogP contribution is 2.20. The molecule has 0 aliphatic heterocycles. The number of aliphatic hydroxyl groups is 1. The van der Waals surface area contributed by atoms with Crippen molar-refractivity contribution in [3.05, 3.63) is 23.8 Å². The molecule has 0 radical (unpaired) electrons. The quantitative estimate of drug-likeness (QED) is 0.679. The Morgan fingerprint density at radius 3 is 2.53 bits per heavy atom. The first-order chi connectivity index (χ1) is 7.74. The van der Waals surface area contributed by atoms with Gasteiger partial charge in [0.05, 0.1) is 11.8 Å². The van der Waals surface area contributed by atoms with Gasteiger partial charge in [-0.05, 0) is 13.0 Å². The Labute approximate surface area is 97.3 Å². The van der Waals surface area contributed by atoms with Crippen LogP contribution in [0.5, 0.6) is 0 Å². The Morgan fingerprint density at radius 1 is 1.41 bits per heavy atom. The third-order valence-electron chi connectivity index (χ3n) is 1.91. The molecule has 1 atom stereocenters. The van der Waals surface area contributed by atoms with Gasteiger partial charge in [-0.25, -0.2) is 21.9 Å². The maximum atomic E-state index is 13.3. The minimum Gasteiger partial charge on any atom is -0.396 e. The lowest BCUT2D eigenvalue weighted by Crippen LogP contribution is -2.31. The Balaban J connectivity index is 3.11. The second-order valence-electron chi connectivity index (χ2n) is 3.51. The van der Waals surface area contributed by atoms with Crippen LogP contribution >= 0.6 is 0 Å². The predicted octanol–water partition coefficient (Wildman–Crippen LogP) is 0.206. The van der Waals surface area contributed by atoms with E-state index in [1.165, 1.54) is 6.92 Å². The second kappa shape index (κ2) is 4.94. The molecule has 0 amide bonds. The minimum atomic E-state index is -4.16. The Bertz CT molecular complexity index is 517. The van der Waals surface area contributed by atoms with Crippen molar-refractivity contribution in [3.8, 4) is 0 Å². The maximum absolute atomic E-state index is 13.3. The standard InChI is InChI=1S/C9H12F2N2O3S/c1-5(14)4-13-17(15,16)9-3-8(12)6(10)2-7(9)11/h2-3,5,13-14H,4,12H2,1H3. The molecule has 0 aromatic heterocycles. The number of halogens is 2. The largest absolute Gasteiger partial charge is 0.396 e. The predicted molar refractivity (Wildman–Crippen MR) is 57.6 cm³/mol. The van der Waals surface area contributed by atoms with Crippen molar-refractivity contribution in [2.45, 2.75) is 17.9 Å². The van der Waals surface area contributed by atoms with Crippen molar-refractivity contribution in [2.75, 3.05) is 12.3 Å². The fourth-order valence-corrected chi connectivity index (χ4v) is 2.27. The molecule has 1 rings (SSSR count). The van der Waals surface area contributed by atoms with Crippen molar-refractivity contribution in [2.24, 2.45) is 0 Å². The highest BCUT2D eigenvalue weighted by Gasteiger charge is 2.21. The molecule has 1 aromatic rings. The van der Waals surface area contributed by atoms with E-state index in [-0.39, 0.29) is 6.54 Å². The fraction of sp³-hybridized carbons (Fsp3) is 0.333. The third kappa shape index (κ3) is 3.35. The average Bonchev–Trinajstić information content (AvgIpc) is 2.20. The molecule has 96 valence electrons. The van der Waals surface area contributed by atoms with Gasteiger partial charge in [0.25, 0.3) is 0 Å². The van der Waals surface area contributed by atoms with Gasteiger partial charge < -0.3 is 10.8 Å². The van der Waals surface area contributed by atoms with Gasteiger partial charge in [0.2, 0.25) is 10.0 Å². The molecular formula is C9H12F2N2O3S. The fourth-order valence-electron chi connectivity index (χ4n) is 1.06. The monoisotopic (exact) mass is 266 g/mol. The van der Waals surface area contributed by atoms with Gasteiger partial charge in [-0.2, -0.15) is 0 Å². The summed E-state index contributed by atoms with van der Waals surface area (Å²) >= 11 is 0. The molecule has 8 heteroatoms. The minimum absolute atomic E-state index is 0.279. The van der Waals surface area contributed by atoms with Crippen LogP contribution in [0.4, 0.5) is 14.5 Å². The highest BCUT2D eigenvalue weighted by atomic mass is 32.2. The van der Waals surface area contributed by atoms with Gasteiger partial charge in [0.15, 0.2) is 0 Å². The highest BCUT2D eigenvalue weighted by molar-refractivity contribution is 7.89. The molecule has 0 saturated carbocycles. The van der Waals surface area contributed by atoms with Gasteiger partial charge >= 0.3 is 0 Å². The summed E-state index contributed by atoms with van der Waals surface area (Å²) < 4.78 is 51.2. The molecular weight excluding hydrogens is 254 g/mol. The number of nitrogen functional groups attached to an aromatic ring is 1. The number of anilines is 1. The molecule has 5 nitrogen and oxygen atoms in total. The Hall–Kier alpha value is -1.25. The summed E-state index contributed by atoms with van der Waals surface area (Å²) in [6.07, 6.45) is -0.925. The molecule has 0 aliphatic carbocycles. The van der Waals surface area contributed by atoms with E-state index < -0.39 is 38.3 Å². The molecule has 0 bridgehead atoms. The normalized spacial score (nSPS) is 13.6. The summed E-state index contributed by atoms with van der Waals surface area (Å²) in [5.41, 5.74) is 4.69. The molecule has 4 N–H and O–H groups in total. The lowest BCUT2D eigenvalue weighted by molar-refractivity contribution is 0.198. The number of rotatable bonds is 4. The Morgan fingerprint density at radius 2 is 2.00 bits per heavy atom. The summed E-state index contributed by atoms with van der Waals surface area (Å²) in [6, 6.07) is 1.08. The van der Waals surface area contributed by atoms with Crippen molar-refractivity contribution < 1.29 is 22.3 Å². The summed E-state index contributed by atoms with van der Waals surface area (Å²) in [5, 5.41) is 8.93. The van der Waals surface area contributed by atoms with E-state index >= 15 is 0 Å². The summed E-state index contributed by atoms with van der Waals surface area (Å²) in [4.78, 5) is -0.753. The topological polar surface area (TPSA) is 92.4 Å². The number of aliphatic hydroxyl groups excluding tert-OH is 1. The van der Waals surface area contributed by atoms with Crippen LogP contribution in [0, 0.1) is 11.6 Å². The molecule has 0 heterocycles. The van der Waals surface area contributed by atoms with Gasteiger partial charge in [0.1, 0.15) is 16.5 Å². The van der Waals surface area contributed by atoms with Crippen LogP contribution in [-0.2, 0) is 10.0 Å². The number of benzene rings is 1. The molecule has 17 heavy (non-hydrogen) atoms. The number of nitrogens with two attached hydrogens (primary N) is 1. The molecule has 0 saturated heterocycles. The summed E-state index contributed by atoms with van der Waals surface area (Å²) in [7, 11) is -4.16. The molecule has 0 spiro atoms. The van der Waals surface area contributed by atoms with Crippen LogP contribution < -0.4 is 10.5 Å². The molecule has 1 unspecified atom stereocenters. The van der Waals surface area contributed by atoms with Gasteiger partial charge in [-0.15, -0.1) is 0 Å². The number of hydrogen-bond acceptors (Lipinski definition) is 4. The van der Waals surface area contributed by atoms with Crippen LogP contribution in [0.2, 0.25) is 0 Å². The van der Waals surface area contributed by atoms with Crippen LogP contribution in [0.1, 0.15) is 6.92 Å². The van der Waals surface area contributed by atoms with Crippen molar-refractivity contribution in [1.29, 1.82) is 0 Å². The van der Waals surface area contributed by atoms with Crippen LogP contribution in [-0.4, -0.2) is 26.2 Å². The SMILES string of the molecule is CC(O)CNS(=O)(=O)c1cc(N)c(F)cc1F. The zero-order chi connectivity index (χ0) is 13.2. The first-order valence-electron chi connectivity index (χ1n) is 4.66. The third-order valence-corrected chi connectivity index (χ3v) is 3.35. The van der Waals surface area contributed by atoms with Crippen LogP contribution in [0.15, 0.2) is 17.0 Å². The number of hydrogen-bond donors (Lipinski definition) is 3. The molecule has 1 aromatic carbocycles. The lowest BCUT2D eigenvalue weighted by atomic mass is 10.3. The van der Waals surface area contributed by atoms with Crippen molar-refractivity contribution in [1.82, 2.24) is 4.72 Å². The number of sulfonamides is 1. The van der Waals surface area contributed by atoms with Crippen molar-refractivity contribution in [3.63, 3.8) is 0 Å². The average molecular weight is 266 g/mol. The van der Waals surface area contributed by atoms with E-state index in [2.05, 4.69) is 0 Å².